The number of hydrogen-bond donors (Lipinski definition) is 1. The maximum absolute atomic E-state index is 6.12. The van der Waals surface area contributed by atoms with E-state index < -0.39 is 0 Å². The van der Waals surface area contributed by atoms with Crippen LogP contribution in [-0.2, 0) is 6.42 Å². The van der Waals surface area contributed by atoms with Crippen LogP contribution in [0.15, 0.2) is 72.8 Å². The molecule has 0 atom stereocenters. The Balaban J connectivity index is 2.09. The summed E-state index contributed by atoms with van der Waals surface area (Å²) in [6.45, 7) is 0. The second-order valence-electron chi connectivity index (χ2n) is 5.29. The molecule has 3 aromatic rings. The number of methoxy groups -OCH3 is 1. The molecule has 3 aromatic carbocycles. The van der Waals surface area contributed by atoms with Gasteiger partial charge in [0.2, 0.25) is 0 Å². The van der Waals surface area contributed by atoms with Crippen molar-refractivity contribution in [3.8, 4) is 16.9 Å². The largest absolute Gasteiger partial charge is 0.496 e. The van der Waals surface area contributed by atoms with Gasteiger partial charge in [-0.15, -0.1) is 0 Å². The number of nitrogens with two attached hydrogens (primary N) is 1. The summed E-state index contributed by atoms with van der Waals surface area (Å²) in [5, 5.41) is 0. The average Bonchev–Trinajstić information content (AvgIpc) is 2.56. The molecule has 0 aliphatic heterocycles. The normalized spacial score (nSPS) is 10.4. The van der Waals surface area contributed by atoms with E-state index >= 15 is 0 Å². The summed E-state index contributed by atoms with van der Waals surface area (Å²) >= 11 is 0. The molecule has 0 saturated heterocycles. The SMILES string of the molecule is COc1c(Cc2ccccc2)cc(N)cc1-c1ccccc1. The lowest BCUT2D eigenvalue weighted by Crippen LogP contribution is -1.99. The van der Waals surface area contributed by atoms with E-state index in [9.17, 15) is 0 Å². The van der Waals surface area contributed by atoms with E-state index in [2.05, 4.69) is 24.3 Å². The predicted molar refractivity (Wildman–Crippen MR) is 92.1 cm³/mol. The highest BCUT2D eigenvalue weighted by atomic mass is 16.5. The maximum Gasteiger partial charge on any atom is 0.130 e. The summed E-state index contributed by atoms with van der Waals surface area (Å²) < 4.78 is 5.70. The van der Waals surface area contributed by atoms with Gasteiger partial charge in [0, 0.05) is 23.2 Å². The predicted octanol–water partition coefficient (Wildman–Crippen LogP) is 4.54. The zero-order valence-electron chi connectivity index (χ0n) is 12.6. The molecular formula is C20H19NO. The zero-order valence-corrected chi connectivity index (χ0v) is 12.6. The fraction of sp³-hybridized carbons (Fsp3) is 0.100. The van der Waals surface area contributed by atoms with Gasteiger partial charge in [0.05, 0.1) is 7.11 Å². The number of ether oxygens (including phenoxy) is 1. The first kappa shape index (κ1) is 14.2. The maximum atomic E-state index is 6.12. The summed E-state index contributed by atoms with van der Waals surface area (Å²) in [5.41, 5.74) is 11.4. The molecule has 2 nitrogen and oxygen atoms in total. The van der Waals surface area contributed by atoms with Crippen LogP contribution in [-0.4, -0.2) is 7.11 Å². The van der Waals surface area contributed by atoms with Crippen LogP contribution in [0.4, 0.5) is 5.69 Å². The van der Waals surface area contributed by atoms with E-state index in [1.54, 1.807) is 7.11 Å². The van der Waals surface area contributed by atoms with Crippen LogP contribution in [0.5, 0.6) is 5.75 Å². The highest BCUT2D eigenvalue weighted by Crippen LogP contribution is 2.36. The van der Waals surface area contributed by atoms with Gasteiger partial charge in [0.1, 0.15) is 5.75 Å². The minimum absolute atomic E-state index is 0.755. The number of nitrogen functional groups attached to an aromatic ring is 1. The monoisotopic (exact) mass is 289 g/mol. The molecule has 0 saturated carbocycles. The standard InChI is InChI=1S/C20H19NO/c1-22-20-17(12-15-8-4-2-5-9-15)13-18(21)14-19(20)16-10-6-3-7-11-16/h2-11,13-14H,12,21H2,1H3. The van der Waals surface area contributed by atoms with Gasteiger partial charge in [-0.2, -0.15) is 0 Å². The van der Waals surface area contributed by atoms with Crippen molar-refractivity contribution in [2.45, 2.75) is 6.42 Å². The summed E-state index contributed by atoms with van der Waals surface area (Å²) in [6.07, 6.45) is 0.800. The average molecular weight is 289 g/mol. The van der Waals surface area contributed by atoms with Gasteiger partial charge in [-0.3, -0.25) is 0 Å². The van der Waals surface area contributed by atoms with Crippen LogP contribution < -0.4 is 10.5 Å². The molecule has 2 heteroatoms. The Hall–Kier alpha value is -2.74. The minimum atomic E-state index is 0.755. The minimum Gasteiger partial charge on any atom is -0.496 e. The van der Waals surface area contributed by atoms with Crippen molar-refractivity contribution in [2.75, 3.05) is 12.8 Å². The third kappa shape index (κ3) is 2.96. The van der Waals surface area contributed by atoms with E-state index in [0.717, 1.165) is 34.5 Å². The van der Waals surface area contributed by atoms with Crippen LogP contribution in [0.1, 0.15) is 11.1 Å². The molecule has 22 heavy (non-hydrogen) atoms. The van der Waals surface area contributed by atoms with Gasteiger partial charge in [0.15, 0.2) is 0 Å². The van der Waals surface area contributed by atoms with Crippen LogP contribution in [0, 0.1) is 0 Å². The molecule has 0 bridgehead atoms. The van der Waals surface area contributed by atoms with E-state index in [1.807, 2.05) is 48.5 Å². The zero-order chi connectivity index (χ0) is 15.4. The Bertz CT molecular complexity index is 751. The fourth-order valence-corrected chi connectivity index (χ4v) is 2.73. The lowest BCUT2D eigenvalue weighted by molar-refractivity contribution is 0.412. The summed E-state index contributed by atoms with van der Waals surface area (Å²) in [6, 6.07) is 24.5. The first-order valence-electron chi connectivity index (χ1n) is 7.33. The smallest absolute Gasteiger partial charge is 0.130 e. The number of anilines is 1. The van der Waals surface area contributed by atoms with Crippen LogP contribution >= 0.6 is 0 Å². The van der Waals surface area contributed by atoms with Gasteiger partial charge < -0.3 is 10.5 Å². The highest BCUT2D eigenvalue weighted by Gasteiger charge is 2.13. The van der Waals surface area contributed by atoms with Gasteiger partial charge in [-0.25, -0.2) is 0 Å². The molecule has 0 spiro atoms. The number of rotatable bonds is 4. The lowest BCUT2D eigenvalue weighted by atomic mass is 9.96. The molecule has 110 valence electrons. The molecule has 0 fully saturated rings. The van der Waals surface area contributed by atoms with Crippen molar-refractivity contribution in [3.63, 3.8) is 0 Å². The Kier molecular flexibility index (Phi) is 4.10. The third-order valence-corrected chi connectivity index (χ3v) is 3.71. The summed E-state index contributed by atoms with van der Waals surface area (Å²) in [7, 11) is 1.71. The first-order valence-corrected chi connectivity index (χ1v) is 7.33. The Morgan fingerprint density at radius 3 is 2.14 bits per heavy atom. The van der Waals surface area contributed by atoms with Crippen molar-refractivity contribution in [3.05, 3.63) is 83.9 Å². The molecule has 3 rings (SSSR count). The molecule has 0 aromatic heterocycles. The van der Waals surface area contributed by atoms with Crippen LogP contribution in [0.2, 0.25) is 0 Å². The molecule has 0 radical (unpaired) electrons. The molecule has 0 amide bonds. The second kappa shape index (κ2) is 6.35. The van der Waals surface area contributed by atoms with E-state index in [-0.39, 0.29) is 0 Å². The molecule has 0 aliphatic carbocycles. The van der Waals surface area contributed by atoms with Gasteiger partial charge in [-0.1, -0.05) is 60.7 Å². The number of benzene rings is 3. The van der Waals surface area contributed by atoms with Crippen molar-refractivity contribution in [2.24, 2.45) is 0 Å². The number of hydrogen-bond acceptors (Lipinski definition) is 2. The molecule has 0 aliphatic rings. The van der Waals surface area contributed by atoms with Crippen LogP contribution in [0.25, 0.3) is 11.1 Å². The fourth-order valence-electron chi connectivity index (χ4n) is 2.73. The van der Waals surface area contributed by atoms with E-state index in [0.29, 0.717) is 0 Å². The molecule has 0 heterocycles. The van der Waals surface area contributed by atoms with Gasteiger partial charge in [0.25, 0.3) is 0 Å². The summed E-state index contributed by atoms with van der Waals surface area (Å²) in [5.74, 6) is 0.893. The third-order valence-electron chi connectivity index (χ3n) is 3.71. The lowest BCUT2D eigenvalue weighted by Gasteiger charge is -2.15. The van der Waals surface area contributed by atoms with Crippen molar-refractivity contribution in [1.29, 1.82) is 0 Å². The second-order valence-corrected chi connectivity index (χ2v) is 5.29. The Morgan fingerprint density at radius 1 is 0.864 bits per heavy atom. The van der Waals surface area contributed by atoms with Crippen molar-refractivity contribution in [1.82, 2.24) is 0 Å². The highest BCUT2D eigenvalue weighted by molar-refractivity contribution is 5.76. The topological polar surface area (TPSA) is 35.2 Å². The Labute approximate surface area is 131 Å². The van der Waals surface area contributed by atoms with Crippen LogP contribution in [0.3, 0.4) is 0 Å². The molecular weight excluding hydrogens is 270 g/mol. The molecule has 0 unspecified atom stereocenters. The summed E-state index contributed by atoms with van der Waals surface area (Å²) in [4.78, 5) is 0. The first-order chi connectivity index (χ1) is 10.8. The van der Waals surface area contributed by atoms with E-state index in [1.165, 1.54) is 5.56 Å². The van der Waals surface area contributed by atoms with Gasteiger partial charge >= 0.3 is 0 Å². The van der Waals surface area contributed by atoms with Crippen molar-refractivity contribution < 1.29 is 4.74 Å². The van der Waals surface area contributed by atoms with Gasteiger partial charge in [-0.05, 0) is 23.3 Å². The van der Waals surface area contributed by atoms with Crippen molar-refractivity contribution >= 4 is 5.69 Å². The quantitative estimate of drug-likeness (QED) is 0.716. The molecule has 2 N–H and O–H groups in total. The Morgan fingerprint density at radius 2 is 1.50 bits per heavy atom. The van der Waals surface area contributed by atoms with E-state index in [4.69, 9.17) is 10.5 Å².